The number of nitrogens with zero attached hydrogens (tertiary/aromatic N) is 2. The Labute approximate surface area is 148 Å². The second-order valence-electron chi connectivity index (χ2n) is 5.69. The van der Waals surface area contributed by atoms with Crippen molar-refractivity contribution in [2.45, 2.75) is 34.1 Å². The molecule has 0 fully saturated rings. The minimum atomic E-state index is -0.320. The number of aromatic amines is 1. The van der Waals surface area contributed by atoms with E-state index >= 15 is 0 Å². The molecular formula is C17H19N3O2S2. The third-order valence-corrected chi connectivity index (χ3v) is 5.81. The molecule has 0 saturated heterocycles. The van der Waals surface area contributed by atoms with Crippen molar-refractivity contribution in [2.24, 2.45) is 0 Å². The van der Waals surface area contributed by atoms with Gasteiger partial charge in [-0.15, -0.1) is 22.7 Å². The molecular weight excluding hydrogens is 342 g/mol. The zero-order valence-electron chi connectivity index (χ0n) is 14.3. The van der Waals surface area contributed by atoms with Crippen molar-refractivity contribution in [1.82, 2.24) is 15.0 Å². The fourth-order valence-electron chi connectivity index (χ4n) is 2.77. The molecule has 24 heavy (non-hydrogen) atoms. The first-order chi connectivity index (χ1) is 11.4. The van der Waals surface area contributed by atoms with Crippen LogP contribution in [0, 0.1) is 27.7 Å². The number of H-pyrrole nitrogens is 1. The van der Waals surface area contributed by atoms with Gasteiger partial charge >= 0.3 is 5.97 Å². The summed E-state index contributed by atoms with van der Waals surface area (Å²) in [6.45, 7) is 7.85. The number of methoxy groups -OCH3 is 1. The molecule has 0 unspecified atom stereocenters. The molecule has 3 aromatic rings. The topological polar surface area (TPSA) is 67.9 Å². The first-order valence-corrected chi connectivity index (χ1v) is 9.25. The number of hydrogen-bond acceptors (Lipinski definition) is 6. The van der Waals surface area contributed by atoms with Crippen LogP contribution < -0.4 is 0 Å². The van der Waals surface area contributed by atoms with Crippen LogP contribution in [0.5, 0.6) is 0 Å². The van der Waals surface area contributed by atoms with Gasteiger partial charge in [-0.05, 0) is 33.3 Å². The Morgan fingerprint density at radius 1 is 1.21 bits per heavy atom. The van der Waals surface area contributed by atoms with Crippen LogP contribution in [0.3, 0.4) is 0 Å². The highest BCUT2D eigenvalue weighted by molar-refractivity contribution is 7.12. The van der Waals surface area contributed by atoms with E-state index in [9.17, 15) is 4.79 Å². The van der Waals surface area contributed by atoms with E-state index in [2.05, 4.69) is 22.3 Å². The van der Waals surface area contributed by atoms with E-state index in [0.29, 0.717) is 5.56 Å². The second kappa shape index (κ2) is 6.49. The van der Waals surface area contributed by atoms with Gasteiger partial charge in [-0.2, -0.15) is 0 Å². The van der Waals surface area contributed by atoms with Crippen LogP contribution >= 0.6 is 22.7 Å². The van der Waals surface area contributed by atoms with Crippen molar-refractivity contribution in [3.05, 3.63) is 42.8 Å². The summed E-state index contributed by atoms with van der Waals surface area (Å²) >= 11 is 3.33. The normalized spacial score (nSPS) is 11.0. The molecule has 0 atom stereocenters. The van der Waals surface area contributed by atoms with Gasteiger partial charge < -0.3 is 9.72 Å². The summed E-state index contributed by atoms with van der Waals surface area (Å²) in [5.41, 5.74) is 5.12. The first-order valence-electron chi connectivity index (χ1n) is 7.55. The van der Waals surface area contributed by atoms with Gasteiger partial charge in [0.1, 0.15) is 10.7 Å². The lowest BCUT2D eigenvalue weighted by Gasteiger charge is -2.00. The Hall–Kier alpha value is -1.99. The molecule has 0 radical (unpaired) electrons. The number of ether oxygens (including phenoxy) is 1. The maximum atomic E-state index is 12.0. The second-order valence-corrected chi connectivity index (χ2v) is 7.92. The summed E-state index contributed by atoms with van der Waals surface area (Å²) in [7, 11) is 1.40. The third kappa shape index (κ3) is 3.01. The fourth-order valence-corrected chi connectivity index (χ4v) is 4.58. The Morgan fingerprint density at radius 3 is 2.58 bits per heavy atom. The number of aryl methyl sites for hydroxylation is 3. The number of carbonyl (C=O) groups excluding carboxylic acids is 1. The van der Waals surface area contributed by atoms with Crippen LogP contribution in [0.15, 0.2) is 5.38 Å². The Bertz CT molecular complexity index is 905. The van der Waals surface area contributed by atoms with E-state index < -0.39 is 0 Å². The molecule has 1 N–H and O–H groups in total. The van der Waals surface area contributed by atoms with Gasteiger partial charge in [-0.25, -0.2) is 14.8 Å². The minimum Gasteiger partial charge on any atom is -0.465 e. The number of esters is 1. The summed E-state index contributed by atoms with van der Waals surface area (Å²) in [6.07, 6.45) is 0.743. The molecule has 0 spiro atoms. The van der Waals surface area contributed by atoms with E-state index in [-0.39, 0.29) is 5.97 Å². The molecule has 0 aliphatic heterocycles. The Balaban J connectivity index is 1.97. The van der Waals surface area contributed by atoms with Crippen LogP contribution in [0.4, 0.5) is 0 Å². The average Bonchev–Trinajstić information content (AvgIpc) is 3.18. The lowest BCUT2D eigenvalue weighted by molar-refractivity contribution is 0.0599. The summed E-state index contributed by atoms with van der Waals surface area (Å²) < 4.78 is 4.88. The molecule has 5 nitrogen and oxygen atoms in total. The predicted octanol–water partition coefficient (Wildman–Crippen LogP) is 4.21. The molecule has 0 saturated carbocycles. The molecule has 0 aromatic carbocycles. The van der Waals surface area contributed by atoms with Gasteiger partial charge in [0, 0.05) is 21.6 Å². The van der Waals surface area contributed by atoms with Crippen molar-refractivity contribution in [3.8, 4) is 11.4 Å². The van der Waals surface area contributed by atoms with Crippen LogP contribution in [0.2, 0.25) is 0 Å². The molecule has 3 rings (SSSR count). The van der Waals surface area contributed by atoms with Crippen molar-refractivity contribution in [2.75, 3.05) is 7.11 Å². The first kappa shape index (κ1) is 16.9. The van der Waals surface area contributed by atoms with Gasteiger partial charge in [0.15, 0.2) is 0 Å². The molecule has 126 valence electrons. The van der Waals surface area contributed by atoms with Gasteiger partial charge in [0.25, 0.3) is 0 Å². The number of hydrogen-bond donors (Lipinski definition) is 1. The quantitative estimate of drug-likeness (QED) is 0.707. The molecule has 0 aliphatic carbocycles. The maximum Gasteiger partial charge on any atom is 0.339 e. The number of nitrogens with one attached hydrogen (secondary N) is 1. The lowest BCUT2D eigenvalue weighted by atomic mass is 10.1. The SMILES string of the molecule is COC(=O)c1c(C)[nH]c(-c2nc(Cc3nc(C)cs3)sc2C)c1C. The summed E-state index contributed by atoms with van der Waals surface area (Å²) in [5, 5.41) is 4.16. The standard InChI is InChI=1S/C17H19N3O2S2/c1-8-7-23-12(18-8)6-13-20-16(11(4)24-13)15-9(2)14(10(3)19-15)17(21)22-5/h7,19H,6H2,1-5H3. The van der Waals surface area contributed by atoms with Crippen molar-refractivity contribution < 1.29 is 9.53 Å². The fraction of sp³-hybridized carbons (Fsp3) is 0.353. The molecule has 0 amide bonds. The molecule has 7 heteroatoms. The summed E-state index contributed by atoms with van der Waals surface area (Å²) in [5.74, 6) is -0.320. The van der Waals surface area contributed by atoms with E-state index in [4.69, 9.17) is 9.72 Å². The van der Waals surface area contributed by atoms with Gasteiger partial charge in [0.2, 0.25) is 0 Å². The predicted molar refractivity (Wildman–Crippen MR) is 97.1 cm³/mol. The van der Waals surface area contributed by atoms with Crippen LogP contribution in [-0.4, -0.2) is 28.0 Å². The number of carbonyl (C=O) groups is 1. The van der Waals surface area contributed by atoms with Crippen molar-refractivity contribution >= 4 is 28.6 Å². The monoisotopic (exact) mass is 361 g/mol. The highest BCUT2D eigenvalue weighted by Crippen LogP contribution is 2.33. The van der Waals surface area contributed by atoms with E-state index in [1.54, 1.807) is 22.7 Å². The van der Waals surface area contributed by atoms with Crippen molar-refractivity contribution in [3.63, 3.8) is 0 Å². The van der Waals surface area contributed by atoms with Crippen LogP contribution in [-0.2, 0) is 11.2 Å². The lowest BCUT2D eigenvalue weighted by Crippen LogP contribution is -2.03. The van der Waals surface area contributed by atoms with Crippen molar-refractivity contribution in [1.29, 1.82) is 0 Å². The molecule has 3 heterocycles. The Kier molecular flexibility index (Phi) is 4.56. The highest BCUT2D eigenvalue weighted by Gasteiger charge is 2.22. The smallest absolute Gasteiger partial charge is 0.339 e. The number of rotatable bonds is 4. The Morgan fingerprint density at radius 2 is 1.96 bits per heavy atom. The maximum absolute atomic E-state index is 12.0. The van der Waals surface area contributed by atoms with Crippen LogP contribution in [0.1, 0.15) is 42.2 Å². The van der Waals surface area contributed by atoms with E-state index in [1.165, 1.54) is 7.11 Å². The van der Waals surface area contributed by atoms with E-state index in [1.807, 2.05) is 20.8 Å². The summed E-state index contributed by atoms with van der Waals surface area (Å²) in [4.78, 5) is 25.7. The minimum absolute atomic E-state index is 0.320. The number of aromatic nitrogens is 3. The highest BCUT2D eigenvalue weighted by atomic mass is 32.1. The summed E-state index contributed by atoms with van der Waals surface area (Å²) in [6, 6.07) is 0. The molecule has 0 aliphatic rings. The third-order valence-electron chi connectivity index (χ3n) is 3.87. The van der Waals surface area contributed by atoms with Gasteiger partial charge in [0.05, 0.1) is 29.8 Å². The average molecular weight is 361 g/mol. The zero-order chi connectivity index (χ0) is 17.4. The largest absolute Gasteiger partial charge is 0.465 e. The molecule has 0 bridgehead atoms. The molecule has 3 aromatic heterocycles. The van der Waals surface area contributed by atoms with E-state index in [0.717, 1.165) is 49.7 Å². The van der Waals surface area contributed by atoms with Crippen LogP contribution in [0.25, 0.3) is 11.4 Å². The van der Waals surface area contributed by atoms with Gasteiger partial charge in [-0.1, -0.05) is 0 Å². The number of thiazole rings is 2. The zero-order valence-corrected chi connectivity index (χ0v) is 15.9. The van der Waals surface area contributed by atoms with Gasteiger partial charge in [-0.3, -0.25) is 0 Å².